The highest BCUT2D eigenvalue weighted by Gasteiger charge is 2.24. The van der Waals surface area contributed by atoms with Gasteiger partial charge in [0, 0.05) is 5.69 Å². The van der Waals surface area contributed by atoms with Crippen molar-refractivity contribution in [2.75, 3.05) is 19.0 Å². The largest absolute Gasteiger partial charge is 0.497 e. The van der Waals surface area contributed by atoms with Crippen molar-refractivity contribution in [2.24, 2.45) is 5.92 Å². The summed E-state index contributed by atoms with van der Waals surface area (Å²) >= 11 is 0. The van der Waals surface area contributed by atoms with Crippen molar-refractivity contribution < 1.29 is 9.53 Å². The van der Waals surface area contributed by atoms with Crippen LogP contribution in [0.25, 0.3) is 21.3 Å². The minimum Gasteiger partial charge on any atom is -0.497 e. The molecule has 1 fully saturated rings. The van der Waals surface area contributed by atoms with Crippen LogP contribution in [0.2, 0.25) is 0 Å². The molecule has 1 heterocycles. The van der Waals surface area contributed by atoms with Gasteiger partial charge in [-0.3, -0.25) is 4.79 Å². The van der Waals surface area contributed by atoms with Crippen LogP contribution in [0.5, 0.6) is 5.75 Å². The van der Waals surface area contributed by atoms with Crippen molar-refractivity contribution in [1.82, 2.24) is 15.1 Å². The predicted molar refractivity (Wildman–Crippen MR) is 162 cm³/mol. The van der Waals surface area contributed by atoms with E-state index in [0.29, 0.717) is 22.8 Å². The van der Waals surface area contributed by atoms with Crippen LogP contribution in [0, 0.1) is 19.4 Å². The molecule has 1 aliphatic rings. The van der Waals surface area contributed by atoms with Crippen LogP contribution in [0.3, 0.4) is 0 Å². The van der Waals surface area contributed by atoms with Gasteiger partial charge >= 0.3 is 0 Å². The quantitative estimate of drug-likeness (QED) is 0.193. The lowest BCUT2D eigenvalue weighted by atomic mass is 9.95. The van der Waals surface area contributed by atoms with Crippen molar-refractivity contribution >= 4 is 28.1 Å². The van der Waals surface area contributed by atoms with Gasteiger partial charge in [0.1, 0.15) is 11.4 Å². The first-order valence-electron chi connectivity index (χ1n) is 13.8. The second-order valence-corrected chi connectivity index (χ2v) is 10.6. The van der Waals surface area contributed by atoms with Crippen LogP contribution in [-0.4, -0.2) is 29.3 Å². The number of carbonyl (C=O) groups excluding carboxylic acids is 1. The van der Waals surface area contributed by atoms with Gasteiger partial charge in [0.25, 0.3) is 5.91 Å². The Hall–Kier alpha value is -4.93. The van der Waals surface area contributed by atoms with Gasteiger partial charge in [0.05, 0.1) is 31.1 Å². The molecule has 1 atom stereocenters. The zero-order valence-corrected chi connectivity index (χ0v) is 23.1. The van der Waals surface area contributed by atoms with Crippen LogP contribution < -0.4 is 15.4 Å². The molecule has 1 unspecified atom stereocenters. The first-order chi connectivity index (χ1) is 20.0. The number of anilines is 1. The maximum Gasteiger partial charge on any atom is 0.274 e. The second-order valence-electron chi connectivity index (χ2n) is 10.6. The Morgan fingerprint density at radius 3 is 2.59 bits per heavy atom. The lowest BCUT2D eigenvalue weighted by Gasteiger charge is -2.21. The molecule has 7 nitrogen and oxygen atoms in total. The number of carbonyl (C=O) groups is 1. The van der Waals surface area contributed by atoms with E-state index in [9.17, 15) is 4.79 Å². The lowest BCUT2D eigenvalue weighted by Crippen LogP contribution is -2.25. The number of hydrogen-bond acceptors (Lipinski definition) is 4. The van der Waals surface area contributed by atoms with E-state index in [-0.39, 0.29) is 11.9 Å². The van der Waals surface area contributed by atoms with Crippen molar-refractivity contribution in [3.63, 3.8) is 0 Å². The summed E-state index contributed by atoms with van der Waals surface area (Å²) in [7, 11) is 1.68. The molecule has 0 aliphatic heterocycles. The van der Waals surface area contributed by atoms with Gasteiger partial charge in [-0.25, -0.2) is 9.53 Å². The van der Waals surface area contributed by atoms with Crippen molar-refractivity contribution in [3.8, 4) is 11.4 Å². The SMILES string of the molecule is [C-]#[N+]c1cccc(-n2nc(C)cc2C(=O)Nc2cccc(C(NCC3CC3)c3ccc4cc(OC)ccc4c3)c2)c1. The molecule has 41 heavy (non-hydrogen) atoms. The Kier molecular flexibility index (Phi) is 7.24. The number of fused-ring (bicyclic) bond motifs is 1. The lowest BCUT2D eigenvalue weighted by molar-refractivity contribution is 0.101. The molecule has 1 aromatic heterocycles. The molecule has 0 saturated heterocycles. The van der Waals surface area contributed by atoms with Crippen molar-refractivity contribution in [2.45, 2.75) is 25.8 Å². The molecule has 5 aromatic rings. The van der Waals surface area contributed by atoms with Crippen LogP contribution in [-0.2, 0) is 0 Å². The molecule has 1 amide bonds. The molecule has 7 heteroatoms. The van der Waals surface area contributed by atoms with E-state index in [4.69, 9.17) is 11.3 Å². The van der Waals surface area contributed by atoms with Gasteiger partial charge in [-0.1, -0.05) is 42.5 Å². The van der Waals surface area contributed by atoms with Gasteiger partial charge in [0.15, 0.2) is 5.69 Å². The van der Waals surface area contributed by atoms with E-state index >= 15 is 0 Å². The van der Waals surface area contributed by atoms with E-state index in [2.05, 4.69) is 50.9 Å². The monoisotopic (exact) mass is 541 g/mol. The van der Waals surface area contributed by atoms with Crippen LogP contribution in [0.4, 0.5) is 11.4 Å². The maximum atomic E-state index is 13.5. The third-order valence-corrected chi connectivity index (χ3v) is 7.46. The summed E-state index contributed by atoms with van der Waals surface area (Å²) in [6.45, 7) is 10.1. The highest BCUT2D eigenvalue weighted by atomic mass is 16.5. The first kappa shape index (κ1) is 26.3. The average molecular weight is 542 g/mol. The number of aryl methyl sites for hydroxylation is 1. The van der Waals surface area contributed by atoms with Crippen LogP contribution in [0.15, 0.2) is 91.0 Å². The van der Waals surface area contributed by atoms with E-state index in [1.54, 1.807) is 36.1 Å². The molecule has 204 valence electrons. The number of aromatic nitrogens is 2. The van der Waals surface area contributed by atoms with Crippen LogP contribution in [0.1, 0.15) is 46.2 Å². The van der Waals surface area contributed by atoms with Gasteiger partial charge in [-0.2, -0.15) is 5.10 Å². The third kappa shape index (κ3) is 5.84. The summed E-state index contributed by atoms with van der Waals surface area (Å²) < 4.78 is 6.99. The molecule has 0 radical (unpaired) electrons. The number of nitrogens with one attached hydrogen (secondary N) is 2. The minimum absolute atomic E-state index is 0.0249. The number of rotatable bonds is 9. The molecule has 6 rings (SSSR count). The average Bonchev–Trinajstić information content (AvgIpc) is 3.75. The molecule has 1 aliphatic carbocycles. The van der Waals surface area contributed by atoms with Gasteiger partial charge in [-0.05, 0) is 103 Å². The van der Waals surface area contributed by atoms with Crippen molar-refractivity contribution in [1.29, 1.82) is 0 Å². The normalized spacial score (nSPS) is 13.5. The summed E-state index contributed by atoms with van der Waals surface area (Å²) in [5.74, 6) is 1.29. The zero-order chi connectivity index (χ0) is 28.3. The minimum atomic E-state index is -0.266. The Labute approximate surface area is 239 Å². The Morgan fingerprint density at radius 1 is 1.00 bits per heavy atom. The summed E-state index contributed by atoms with van der Waals surface area (Å²) in [4.78, 5) is 17.0. The molecule has 4 aromatic carbocycles. The third-order valence-electron chi connectivity index (χ3n) is 7.46. The fourth-order valence-corrected chi connectivity index (χ4v) is 5.13. The fraction of sp³-hybridized carbons (Fsp3) is 0.206. The molecule has 1 saturated carbocycles. The summed E-state index contributed by atoms with van der Waals surface area (Å²) in [5.41, 5.74) is 5.23. The van der Waals surface area contributed by atoms with E-state index in [0.717, 1.165) is 40.2 Å². The Bertz CT molecular complexity index is 1780. The van der Waals surface area contributed by atoms with E-state index in [1.165, 1.54) is 18.4 Å². The first-order valence-corrected chi connectivity index (χ1v) is 13.8. The molecule has 0 spiro atoms. The topological polar surface area (TPSA) is 72.5 Å². The maximum absolute atomic E-state index is 13.5. The van der Waals surface area contributed by atoms with Crippen LogP contribution >= 0.6 is 0 Å². The smallest absolute Gasteiger partial charge is 0.274 e. The van der Waals surface area contributed by atoms with E-state index in [1.807, 2.05) is 43.3 Å². The Morgan fingerprint density at radius 2 is 1.78 bits per heavy atom. The predicted octanol–water partition coefficient (Wildman–Crippen LogP) is 7.23. The highest BCUT2D eigenvalue weighted by Crippen LogP contribution is 2.32. The number of amides is 1. The summed E-state index contributed by atoms with van der Waals surface area (Å²) in [6.07, 6.45) is 2.53. The molecular formula is C34H31N5O2. The number of methoxy groups -OCH3 is 1. The van der Waals surface area contributed by atoms with Gasteiger partial charge in [-0.15, -0.1) is 0 Å². The standard InChI is InChI=1S/C34H31N5O2/c1-22-16-32(39(38-22)30-9-5-7-28(20-30)35-2)34(40)37-29-8-4-6-26(18-29)33(36-21-23-10-11-23)27-13-12-25-19-31(41-3)15-14-24(25)17-27/h4-9,12-20,23,33,36H,10-11,21H2,1,3H3,(H,37,40). The number of hydrogen-bond donors (Lipinski definition) is 2. The fourth-order valence-electron chi connectivity index (χ4n) is 5.13. The second kappa shape index (κ2) is 11.3. The number of benzene rings is 4. The molecule has 0 bridgehead atoms. The summed E-state index contributed by atoms with van der Waals surface area (Å²) in [6, 6.07) is 29.5. The number of nitrogens with zero attached hydrogens (tertiary/aromatic N) is 3. The molecule has 2 N–H and O–H groups in total. The summed E-state index contributed by atoms with van der Waals surface area (Å²) in [5, 5.41) is 13.7. The number of ether oxygens (including phenoxy) is 1. The Balaban J connectivity index is 1.29. The zero-order valence-electron chi connectivity index (χ0n) is 23.1. The van der Waals surface area contributed by atoms with Crippen molar-refractivity contribution in [3.05, 3.63) is 125 Å². The van der Waals surface area contributed by atoms with Gasteiger partial charge < -0.3 is 15.4 Å². The van der Waals surface area contributed by atoms with Gasteiger partial charge in [0.2, 0.25) is 0 Å². The molecular weight excluding hydrogens is 510 g/mol. The van der Waals surface area contributed by atoms with E-state index < -0.39 is 0 Å². The highest BCUT2D eigenvalue weighted by molar-refractivity contribution is 6.03.